The summed E-state index contributed by atoms with van der Waals surface area (Å²) in [5, 5.41) is 0.664. The summed E-state index contributed by atoms with van der Waals surface area (Å²) < 4.78 is 12.4. The van der Waals surface area contributed by atoms with Crippen LogP contribution < -0.4 is 4.74 Å². The minimum atomic E-state index is -0.950. The summed E-state index contributed by atoms with van der Waals surface area (Å²) >= 11 is 6.17. The largest absolute Gasteiger partial charge is 0.490 e. The molecule has 3 aromatic rings. The van der Waals surface area contributed by atoms with E-state index in [9.17, 15) is 9.59 Å². The summed E-state index contributed by atoms with van der Waals surface area (Å²) in [6.07, 6.45) is 4.94. The van der Waals surface area contributed by atoms with E-state index in [1.54, 1.807) is 29.4 Å². The average Bonchev–Trinajstić information content (AvgIpc) is 3.38. The quantitative estimate of drug-likeness (QED) is 0.536. The number of carbonyl (C=O) groups excluding carboxylic acids is 2. The molecule has 1 N–H and O–H groups in total. The third-order valence-corrected chi connectivity index (χ3v) is 7.44. The molecule has 2 saturated heterocycles. The number of fused-ring (bicyclic) bond motifs is 1. The number of rotatable bonds is 6. The molecule has 190 valence electrons. The number of benzene rings is 2. The average molecular weight is 511 g/mol. The Labute approximate surface area is 215 Å². The Balaban J connectivity index is 1.37. The minimum Gasteiger partial charge on any atom is -0.490 e. The molecule has 5 rings (SSSR count). The monoisotopic (exact) mass is 510 g/mol. The molecule has 36 heavy (non-hydrogen) atoms. The van der Waals surface area contributed by atoms with Gasteiger partial charge in [0.25, 0.3) is 5.91 Å². The number of nitrogens with zero attached hydrogens (tertiary/aromatic N) is 3. The second-order valence-electron chi connectivity index (χ2n) is 9.71. The fourth-order valence-corrected chi connectivity index (χ4v) is 5.08. The Morgan fingerprint density at radius 2 is 1.94 bits per heavy atom. The molecular weight excluding hydrogens is 480 g/mol. The van der Waals surface area contributed by atoms with Crippen molar-refractivity contribution in [2.45, 2.75) is 38.2 Å². The highest BCUT2D eigenvalue weighted by Gasteiger charge is 2.42. The maximum atomic E-state index is 13.5. The van der Waals surface area contributed by atoms with Gasteiger partial charge in [0.15, 0.2) is 0 Å². The third kappa shape index (κ3) is 5.34. The number of ether oxygens (including phenoxy) is 2. The van der Waals surface area contributed by atoms with Crippen LogP contribution in [0.4, 0.5) is 0 Å². The summed E-state index contributed by atoms with van der Waals surface area (Å²) in [4.78, 5) is 37.7. The van der Waals surface area contributed by atoms with Gasteiger partial charge in [-0.25, -0.2) is 4.98 Å². The smallest absolute Gasteiger partial charge is 0.254 e. The Hall–Kier alpha value is -3.10. The van der Waals surface area contributed by atoms with Crippen molar-refractivity contribution in [3.8, 4) is 5.75 Å². The third-order valence-electron chi connectivity index (χ3n) is 7.02. The molecule has 0 bridgehead atoms. The fourth-order valence-electron chi connectivity index (χ4n) is 4.97. The zero-order valence-corrected chi connectivity index (χ0v) is 21.2. The molecule has 8 nitrogen and oxygen atoms in total. The SMILES string of the molecule is Cc1cc(OC[C@@]2(CC(=O)N3CCCCC3)CN(C(=O)c3ccc4nc[nH]c4c3)CCO2)ccc1Cl. The van der Waals surface area contributed by atoms with E-state index in [-0.39, 0.29) is 31.4 Å². The first-order valence-electron chi connectivity index (χ1n) is 12.5. The fraction of sp³-hybridized carbons (Fsp3) is 0.444. The van der Waals surface area contributed by atoms with Gasteiger partial charge in [-0.2, -0.15) is 0 Å². The van der Waals surface area contributed by atoms with Gasteiger partial charge >= 0.3 is 0 Å². The number of aromatic nitrogens is 2. The first-order chi connectivity index (χ1) is 17.4. The number of morpholine rings is 1. The van der Waals surface area contributed by atoms with Crippen molar-refractivity contribution >= 4 is 34.4 Å². The van der Waals surface area contributed by atoms with Gasteiger partial charge in [-0.1, -0.05) is 11.6 Å². The zero-order valence-electron chi connectivity index (χ0n) is 20.5. The number of imidazole rings is 1. The summed E-state index contributed by atoms with van der Waals surface area (Å²) in [6.45, 7) is 4.63. The summed E-state index contributed by atoms with van der Waals surface area (Å²) in [5.74, 6) is 0.587. The minimum absolute atomic E-state index is 0.0405. The number of nitrogens with one attached hydrogen (secondary N) is 1. The van der Waals surface area contributed by atoms with E-state index in [1.165, 1.54) is 0 Å². The van der Waals surface area contributed by atoms with Crippen LogP contribution in [0.2, 0.25) is 5.02 Å². The van der Waals surface area contributed by atoms with E-state index in [0.717, 1.165) is 48.9 Å². The zero-order chi connectivity index (χ0) is 25.1. The van der Waals surface area contributed by atoms with Crippen molar-refractivity contribution in [2.75, 3.05) is 39.4 Å². The maximum absolute atomic E-state index is 13.5. The molecule has 0 radical (unpaired) electrons. The van der Waals surface area contributed by atoms with Crippen LogP contribution >= 0.6 is 11.6 Å². The van der Waals surface area contributed by atoms with Crippen molar-refractivity contribution in [3.63, 3.8) is 0 Å². The molecular formula is C27H31ClN4O4. The molecule has 2 aliphatic rings. The predicted octanol–water partition coefficient (Wildman–Crippen LogP) is 4.22. The molecule has 0 aliphatic carbocycles. The Kier molecular flexibility index (Phi) is 7.16. The van der Waals surface area contributed by atoms with Crippen molar-refractivity contribution in [2.24, 2.45) is 0 Å². The second kappa shape index (κ2) is 10.5. The Morgan fingerprint density at radius 1 is 1.11 bits per heavy atom. The first kappa shape index (κ1) is 24.6. The highest BCUT2D eigenvalue weighted by Crippen LogP contribution is 2.29. The number of piperidine rings is 1. The lowest BCUT2D eigenvalue weighted by molar-refractivity contribution is -0.153. The van der Waals surface area contributed by atoms with Crippen molar-refractivity contribution < 1.29 is 19.1 Å². The van der Waals surface area contributed by atoms with E-state index in [1.807, 2.05) is 30.0 Å². The van der Waals surface area contributed by atoms with Crippen LogP contribution in [0, 0.1) is 6.92 Å². The lowest BCUT2D eigenvalue weighted by Gasteiger charge is -2.43. The van der Waals surface area contributed by atoms with Crippen LogP contribution in [0.3, 0.4) is 0 Å². The normalized spacial score (nSPS) is 20.5. The number of amides is 2. The van der Waals surface area contributed by atoms with Gasteiger partial charge < -0.3 is 24.3 Å². The molecule has 9 heteroatoms. The Morgan fingerprint density at radius 3 is 2.75 bits per heavy atom. The molecule has 2 aliphatic heterocycles. The van der Waals surface area contributed by atoms with Gasteiger partial charge in [0.05, 0.1) is 36.9 Å². The highest BCUT2D eigenvalue weighted by atomic mass is 35.5. The lowest BCUT2D eigenvalue weighted by Crippen LogP contribution is -2.58. The van der Waals surface area contributed by atoms with E-state index in [4.69, 9.17) is 21.1 Å². The molecule has 0 spiro atoms. The highest BCUT2D eigenvalue weighted by molar-refractivity contribution is 6.31. The second-order valence-corrected chi connectivity index (χ2v) is 10.1. The maximum Gasteiger partial charge on any atom is 0.254 e. The molecule has 0 saturated carbocycles. The first-order valence-corrected chi connectivity index (χ1v) is 12.8. The number of aromatic amines is 1. The van der Waals surface area contributed by atoms with Crippen molar-refractivity contribution in [1.82, 2.24) is 19.8 Å². The van der Waals surface area contributed by atoms with Crippen LogP contribution in [0.25, 0.3) is 11.0 Å². The van der Waals surface area contributed by atoms with E-state index in [2.05, 4.69) is 9.97 Å². The van der Waals surface area contributed by atoms with Gasteiger partial charge in [-0.3, -0.25) is 9.59 Å². The van der Waals surface area contributed by atoms with Gasteiger partial charge in [-0.15, -0.1) is 0 Å². The molecule has 3 heterocycles. The predicted molar refractivity (Wildman–Crippen MR) is 137 cm³/mol. The molecule has 1 atom stereocenters. The number of halogens is 1. The topological polar surface area (TPSA) is 87.8 Å². The summed E-state index contributed by atoms with van der Waals surface area (Å²) in [6, 6.07) is 10.9. The van der Waals surface area contributed by atoms with E-state index in [0.29, 0.717) is 29.5 Å². The van der Waals surface area contributed by atoms with Crippen molar-refractivity contribution in [1.29, 1.82) is 0 Å². The van der Waals surface area contributed by atoms with Crippen LogP contribution in [0.1, 0.15) is 41.6 Å². The van der Waals surface area contributed by atoms with Crippen molar-refractivity contribution in [3.05, 3.63) is 58.9 Å². The van der Waals surface area contributed by atoms with Crippen LogP contribution in [0.15, 0.2) is 42.7 Å². The standard InChI is InChI=1S/C27H31ClN4O4/c1-19-13-21(6-7-22(19)28)35-17-27(15-25(33)31-9-3-2-4-10-31)16-32(11-12-36-27)26(34)20-5-8-23-24(14-20)30-18-29-23/h5-8,13-14,18H,2-4,9-12,15-17H2,1H3,(H,29,30)/t27-/m1/s1. The van der Waals surface area contributed by atoms with Gasteiger partial charge in [0, 0.05) is 30.2 Å². The summed E-state index contributed by atoms with van der Waals surface area (Å²) in [7, 11) is 0. The van der Waals surface area contributed by atoms with Crippen LogP contribution in [-0.4, -0.2) is 76.6 Å². The number of H-pyrrole nitrogens is 1. The van der Waals surface area contributed by atoms with Gasteiger partial charge in [0.1, 0.15) is 18.0 Å². The van der Waals surface area contributed by atoms with E-state index < -0.39 is 5.60 Å². The van der Waals surface area contributed by atoms with Gasteiger partial charge in [0.2, 0.25) is 5.91 Å². The van der Waals surface area contributed by atoms with Gasteiger partial charge in [-0.05, 0) is 68.1 Å². The van der Waals surface area contributed by atoms with Crippen LogP contribution in [0.5, 0.6) is 5.75 Å². The summed E-state index contributed by atoms with van der Waals surface area (Å²) in [5.41, 5.74) is 2.14. The Bertz CT molecular complexity index is 1260. The number of carbonyl (C=O) groups is 2. The lowest BCUT2D eigenvalue weighted by atomic mass is 9.95. The molecule has 2 amide bonds. The number of likely N-dealkylation sites (tertiary alicyclic amines) is 1. The molecule has 2 aromatic carbocycles. The molecule has 0 unspecified atom stereocenters. The number of aryl methyl sites for hydroxylation is 1. The molecule has 2 fully saturated rings. The number of hydrogen-bond acceptors (Lipinski definition) is 5. The molecule has 1 aromatic heterocycles. The van der Waals surface area contributed by atoms with Crippen LogP contribution in [-0.2, 0) is 9.53 Å². The number of hydrogen-bond donors (Lipinski definition) is 1. The van der Waals surface area contributed by atoms with E-state index >= 15 is 0 Å².